The number of nitrogens with zero attached hydrogens (tertiary/aromatic N) is 1. The van der Waals surface area contributed by atoms with E-state index in [0.717, 1.165) is 29.0 Å². The molecule has 0 saturated carbocycles. The second-order valence-electron chi connectivity index (χ2n) is 6.15. The number of pyridine rings is 1. The van der Waals surface area contributed by atoms with Crippen molar-refractivity contribution in [1.29, 1.82) is 0 Å². The number of anilines is 2. The van der Waals surface area contributed by atoms with Crippen LogP contribution in [-0.2, 0) is 0 Å². The van der Waals surface area contributed by atoms with Gasteiger partial charge in [0.05, 0.1) is 5.52 Å². The molecular weight excluding hydrogens is 234 g/mol. The Morgan fingerprint density at radius 2 is 1.95 bits per heavy atom. The van der Waals surface area contributed by atoms with Crippen molar-refractivity contribution in [2.24, 2.45) is 11.3 Å². The summed E-state index contributed by atoms with van der Waals surface area (Å²) in [5, 5.41) is 4.51. The van der Waals surface area contributed by atoms with Gasteiger partial charge in [-0.1, -0.05) is 27.7 Å². The van der Waals surface area contributed by atoms with Gasteiger partial charge in [0.15, 0.2) is 0 Å². The van der Waals surface area contributed by atoms with Crippen LogP contribution in [0.5, 0.6) is 0 Å². The van der Waals surface area contributed by atoms with Gasteiger partial charge in [0, 0.05) is 17.6 Å². The normalized spacial score (nSPS) is 12.1. The lowest BCUT2D eigenvalue weighted by Gasteiger charge is -2.29. The zero-order valence-corrected chi connectivity index (χ0v) is 12.2. The van der Waals surface area contributed by atoms with Gasteiger partial charge in [0.1, 0.15) is 5.82 Å². The van der Waals surface area contributed by atoms with Gasteiger partial charge in [-0.05, 0) is 41.7 Å². The highest BCUT2D eigenvalue weighted by atomic mass is 15.0. The van der Waals surface area contributed by atoms with Crippen LogP contribution in [0.3, 0.4) is 0 Å². The Hall–Kier alpha value is -1.77. The summed E-state index contributed by atoms with van der Waals surface area (Å²) in [5.74, 6) is 1.55. The summed E-state index contributed by atoms with van der Waals surface area (Å²) < 4.78 is 0. The molecule has 3 heteroatoms. The van der Waals surface area contributed by atoms with Gasteiger partial charge in [-0.25, -0.2) is 4.98 Å². The van der Waals surface area contributed by atoms with E-state index < -0.39 is 0 Å². The van der Waals surface area contributed by atoms with Gasteiger partial charge >= 0.3 is 0 Å². The van der Waals surface area contributed by atoms with E-state index in [9.17, 15) is 0 Å². The van der Waals surface area contributed by atoms with Gasteiger partial charge in [-0.15, -0.1) is 0 Å². The van der Waals surface area contributed by atoms with E-state index >= 15 is 0 Å². The van der Waals surface area contributed by atoms with Crippen molar-refractivity contribution in [3.8, 4) is 0 Å². The van der Waals surface area contributed by atoms with E-state index in [1.54, 1.807) is 0 Å². The summed E-state index contributed by atoms with van der Waals surface area (Å²) in [4.78, 5) is 4.61. The maximum Gasteiger partial charge on any atom is 0.126 e. The number of aromatic nitrogens is 1. The third-order valence-electron chi connectivity index (χ3n) is 4.00. The first-order valence-electron chi connectivity index (χ1n) is 6.79. The molecule has 0 atom stereocenters. The lowest BCUT2D eigenvalue weighted by molar-refractivity contribution is 0.269. The van der Waals surface area contributed by atoms with Crippen LogP contribution in [0, 0.1) is 11.3 Å². The van der Waals surface area contributed by atoms with E-state index in [-0.39, 0.29) is 5.41 Å². The van der Waals surface area contributed by atoms with Crippen LogP contribution in [-0.4, -0.2) is 11.5 Å². The summed E-state index contributed by atoms with van der Waals surface area (Å²) in [6.45, 7) is 9.95. The number of nitrogen functional groups attached to an aromatic ring is 1. The maximum absolute atomic E-state index is 5.77. The van der Waals surface area contributed by atoms with Crippen molar-refractivity contribution in [3.05, 3.63) is 30.3 Å². The lowest BCUT2D eigenvalue weighted by atomic mass is 9.81. The minimum absolute atomic E-state index is 0.248. The zero-order chi connectivity index (χ0) is 14.0. The quantitative estimate of drug-likeness (QED) is 0.816. The molecule has 2 aromatic rings. The molecule has 0 fully saturated rings. The van der Waals surface area contributed by atoms with Crippen LogP contribution in [0.25, 0.3) is 10.9 Å². The van der Waals surface area contributed by atoms with E-state index in [1.807, 2.05) is 24.3 Å². The van der Waals surface area contributed by atoms with E-state index in [0.29, 0.717) is 5.92 Å². The molecule has 0 saturated heterocycles. The first-order valence-corrected chi connectivity index (χ1v) is 6.79. The van der Waals surface area contributed by atoms with Gasteiger partial charge in [0.25, 0.3) is 0 Å². The average Bonchev–Trinajstić information content (AvgIpc) is 2.36. The van der Waals surface area contributed by atoms with Gasteiger partial charge < -0.3 is 11.1 Å². The van der Waals surface area contributed by atoms with Crippen molar-refractivity contribution in [2.45, 2.75) is 27.7 Å². The molecule has 102 valence electrons. The monoisotopic (exact) mass is 257 g/mol. The number of nitrogens with one attached hydrogen (secondary N) is 1. The molecule has 19 heavy (non-hydrogen) atoms. The third-order valence-corrected chi connectivity index (χ3v) is 4.00. The van der Waals surface area contributed by atoms with Crippen molar-refractivity contribution < 1.29 is 0 Å². The van der Waals surface area contributed by atoms with E-state index in [2.05, 4.69) is 44.1 Å². The minimum Gasteiger partial charge on any atom is -0.399 e. The predicted octanol–water partition coefficient (Wildman–Crippen LogP) is 3.91. The van der Waals surface area contributed by atoms with Crippen LogP contribution in [0.15, 0.2) is 30.3 Å². The molecule has 2 rings (SSSR count). The van der Waals surface area contributed by atoms with E-state index in [4.69, 9.17) is 5.73 Å². The second-order valence-corrected chi connectivity index (χ2v) is 6.15. The molecule has 3 N–H and O–H groups in total. The topological polar surface area (TPSA) is 50.9 Å². The highest BCUT2D eigenvalue weighted by Gasteiger charge is 2.21. The third kappa shape index (κ3) is 3.16. The predicted molar refractivity (Wildman–Crippen MR) is 83.3 cm³/mol. The van der Waals surface area contributed by atoms with Gasteiger partial charge in [-0.3, -0.25) is 0 Å². The molecule has 0 aliphatic rings. The fraction of sp³-hybridized carbons (Fsp3) is 0.438. The Labute approximate surface area is 115 Å². The summed E-state index contributed by atoms with van der Waals surface area (Å²) in [7, 11) is 0. The number of benzene rings is 1. The first kappa shape index (κ1) is 13.7. The Bertz CT molecular complexity index is 573. The summed E-state index contributed by atoms with van der Waals surface area (Å²) in [5.41, 5.74) is 7.76. The average molecular weight is 257 g/mol. The Morgan fingerprint density at radius 3 is 2.63 bits per heavy atom. The SMILES string of the molecule is CC(C)C(C)(C)CNc1ccc2cc(N)ccc2n1. The highest BCUT2D eigenvalue weighted by Crippen LogP contribution is 2.26. The zero-order valence-electron chi connectivity index (χ0n) is 12.2. The smallest absolute Gasteiger partial charge is 0.126 e. The molecule has 0 radical (unpaired) electrons. The number of hydrogen-bond donors (Lipinski definition) is 2. The number of fused-ring (bicyclic) bond motifs is 1. The standard InChI is InChI=1S/C16H23N3/c1-11(2)16(3,4)10-18-15-8-5-12-9-13(17)6-7-14(12)19-15/h5-9,11H,10,17H2,1-4H3,(H,18,19). The molecule has 0 aliphatic carbocycles. The van der Waals surface area contributed by atoms with Crippen molar-refractivity contribution >= 4 is 22.4 Å². The molecule has 0 spiro atoms. The number of hydrogen-bond acceptors (Lipinski definition) is 3. The minimum atomic E-state index is 0.248. The fourth-order valence-corrected chi connectivity index (χ4v) is 1.77. The molecule has 3 nitrogen and oxygen atoms in total. The Morgan fingerprint density at radius 1 is 1.21 bits per heavy atom. The number of rotatable bonds is 4. The van der Waals surface area contributed by atoms with Gasteiger partial charge in [0.2, 0.25) is 0 Å². The lowest BCUT2D eigenvalue weighted by Crippen LogP contribution is -2.28. The molecule has 0 amide bonds. The molecule has 1 aromatic carbocycles. The second kappa shape index (κ2) is 5.08. The Kier molecular flexibility index (Phi) is 3.65. The molecular formula is C16H23N3. The van der Waals surface area contributed by atoms with Gasteiger partial charge in [-0.2, -0.15) is 0 Å². The van der Waals surface area contributed by atoms with Crippen molar-refractivity contribution in [1.82, 2.24) is 4.98 Å². The molecule has 0 unspecified atom stereocenters. The fourth-order valence-electron chi connectivity index (χ4n) is 1.77. The van der Waals surface area contributed by atoms with Crippen LogP contribution < -0.4 is 11.1 Å². The van der Waals surface area contributed by atoms with Crippen LogP contribution in [0.4, 0.5) is 11.5 Å². The summed E-state index contributed by atoms with van der Waals surface area (Å²) in [6.07, 6.45) is 0. The summed E-state index contributed by atoms with van der Waals surface area (Å²) >= 11 is 0. The van der Waals surface area contributed by atoms with Crippen LogP contribution >= 0.6 is 0 Å². The molecule has 1 heterocycles. The molecule has 1 aromatic heterocycles. The summed E-state index contributed by atoms with van der Waals surface area (Å²) in [6, 6.07) is 9.87. The number of nitrogens with two attached hydrogens (primary N) is 1. The Balaban J connectivity index is 2.16. The highest BCUT2D eigenvalue weighted by molar-refractivity contribution is 5.83. The van der Waals surface area contributed by atoms with Crippen molar-refractivity contribution in [3.63, 3.8) is 0 Å². The first-order chi connectivity index (χ1) is 8.88. The maximum atomic E-state index is 5.77. The van der Waals surface area contributed by atoms with Crippen molar-refractivity contribution in [2.75, 3.05) is 17.6 Å². The van der Waals surface area contributed by atoms with Crippen LogP contribution in [0.1, 0.15) is 27.7 Å². The largest absolute Gasteiger partial charge is 0.399 e. The van der Waals surface area contributed by atoms with E-state index in [1.165, 1.54) is 0 Å². The molecule has 0 bridgehead atoms. The van der Waals surface area contributed by atoms with Crippen LogP contribution in [0.2, 0.25) is 0 Å². The molecule has 0 aliphatic heterocycles.